The van der Waals surface area contributed by atoms with Crippen LogP contribution < -0.4 is 4.90 Å². The topological polar surface area (TPSA) is 59.3 Å². The lowest BCUT2D eigenvalue weighted by atomic mass is 9.95. The molecule has 7 nitrogen and oxygen atoms in total. The van der Waals surface area contributed by atoms with E-state index in [0.29, 0.717) is 18.1 Å². The second kappa shape index (κ2) is 8.64. The zero-order valence-electron chi connectivity index (χ0n) is 18.4. The zero-order valence-corrected chi connectivity index (χ0v) is 18.4. The number of hydrogen-bond acceptors (Lipinski definition) is 6. The quantitative estimate of drug-likeness (QED) is 0.599. The van der Waals surface area contributed by atoms with Crippen LogP contribution in [0, 0.1) is 0 Å². The Kier molecular flexibility index (Phi) is 5.37. The molecule has 3 aliphatic rings. The molecule has 1 aromatic carbocycles. The summed E-state index contributed by atoms with van der Waals surface area (Å²) in [6.45, 7) is 5.57. The van der Waals surface area contributed by atoms with Crippen molar-refractivity contribution in [3.8, 4) is 0 Å². The Labute approximate surface area is 189 Å². The molecule has 32 heavy (non-hydrogen) atoms. The van der Waals surface area contributed by atoms with Crippen LogP contribution in [-0.2, 0) is 17.8 Å². The first kappa shape index (κ1) is 19.9. The van der Waals surface area contributed by atoms with Gasteiger partial charge < -0.3 is 14.2 Å². The highest BCUT2D eigenvalue weighted by Crippen LogP contribution is 2.32. The van der Waals surface area contributed by atoms with Crippen LogP contribution >= 0.6 is 0 Å². The molecule has 0 amide bonds. The summed E-state index contributed by atoms with van der Waals surface area (Å²) in [6, 6.07) is 17.4. The molecule has 3 fully saturated rings. The second-order valence-electron chi connectivity index (χ2n) is 9.27. The Morgan fingerprint density at radius 2 is 1.78 bits per heavy atom. The maximum atomic E-state index is 5.80. The van der Waals surface area contributed by atoms with Gasteiger partial charge in [-0.1, -0.05) is 36.4 Å². The highest BCUT2D eigenvalue weighted by molar-refractivity contribution is 5.38. The number of morpholine rings is 1. The van der Waals surface area contributed by atoms with Gasteiger partial charge in [-0.2, -0.15) is 0 Å². The summed E-state index contributed by atoms with van der Waals surface area (Å²) in [7, 11) is 0. The second-order valence-corrected chi connectivity index (χ2v) is 9.27. The molecule has 2 atom stereocenters. The van der Waals surface area contributed by atoms with E-state index in [9.17, 15) is 0 Å². The van der Waals surface area contributed by atoms with Gasteiger partial charge in [0.05, 0.1) is 25.8 Å². The smallest absolute Gasteiger partial charge is 0.147 e. The first-order valence-electron chi connectivity index (χ1n) is 11.8. The number of aromatic nitrogens is 4. The number of nitrogens with zero attached hydrogens (tertiary/aromatic N) is 6. The number of anilines is 1. The predicted octanol–water partition coefficient (Wildman–Crippen LogP) is 3.08. The molecule has 3 saturated heterocycles. The third kappa shape index (κ3) is 3.91. The van der Waals surface area contributed by atoms with Crippen molar-refractivity contribution in [1.29, 1.82) is 0 Å². The lowest BCUT2D eigenvalue weighted by Gasteiger charge is -2.32. The van der Waals surface area contributed by atoms with Crippen LogP contribution in [0.25, 0.3) is 0 Å². The van der Waals surface area contributed by atoms with Gasteiger partial charge in [0.2, 0.25) is 0 Å². The van der Waals surface area contributed by atoms with E-state index in [1.807, 2.05) is 12.3 Å². The van der Waals surface area contributed by atoms with Crippen LogP contribution in [0.4, 0.5) is 5.82 Å². The summed E-state index contributed by atoms with van der Waals surface area (Å²) in [4.78, 5) is 9.45. The van der Waals surface area contributed by atoms with Gasteiger partial charge in [0, 0.05) is 37.8 Å². The fourth-order valence-corrected chi connectivity index (χ4v) is 5.47. The van der Waals surface area contributed by atoms with E-state index in [0.717, 1.165) is 76.1 Å². The van der Waals surface area contributed by atoms with E-state index in [-0.39, 0.29) is 0 Å². The molecular formula is C25H30N6O. The van der Waals surface area contributed by atoms with E-state index >= 15 is 0 Å². The van der Waals surface area contributed by atoms with Crippen molar-refractivity contribution < 1.29 is 4.74 Å². The third-order valence-electron chi connectivity index (χ3n) is 7.23. The van der Waals surface area contributed by atoms with Crippen molar-refractivity contribution in [2.45, 2.75) is 50.4 Å². The molecule has 0 radical (unpaired) electrons. The highest BCUT2D eigenvalue weighted by atomic mass is 16.5. The largest absolute Gasteiger partial charge is 0.375 e. The van der Waals surface area contributed by atoms with E-state index in [2.05, 4.69) is 61.8 Å². The minimum absolute atomic E-state index is 0.404. The van der Waals surface area contributed by atoms with Gasteiger partial charge in [-0.15, -0.1) is 10.2 Å². The highest BCUT2D eigenvalue weighted by Gasteiger charge is 2.39. The summed E-state index contributed by atoms with van der Waals surface area (Å²) in [6.07, 6.45) is 5.59. The Balaban J connectivity index is 1.22. The SMILES string of the molecule is c1ccc(Cn2c(CN3CC4CC3CO4)nnc2C2CCN(c3ccccn3)CC2)cc1. The van der Waals surface area contributed by atoms with Crippen LogP contribution in [0.1, 0.15) is 42.4 Å². The fourth-order valence-electron chi connectivity index (χ4n) is 5.47. The summed E-state index contributed by atoms with van der Waals surface area (Å²) in [5.74, 6) is 3.73. The molecule has 2 bridgehead atoms. The summed E-state index contributed by atoms with van der Waals surface area (Å²) < 4.78 is 8.19. The monoisotopic (exact) mass is 430 g/mol. The average molecular weight is 431 g/mol. The van der Waals surface area contributed by atoms with Crippen LogP contribution in [0.3, 0.4) is 0 Å². The van der Waals surface area contributed by atoms with E-state index in [1.54, 1.807) is 0 Å². The Hall–Kier alpha value is -2.77. The van der Waals surface area contributed by atoms with Gasteiger partial charge >= 0.3 is 0 Å². The Morgan fingerprint density at radius 1 is 0.938 bits per heavy atom. The van der Waals surface area contributed by atoms with Gasteiger partial charge in [-0.05, 0) is 37.0 Å². The number of benzene rings is 1. The third-order valence-corrected chi connectivity index (χ3v) is 7.23. The Bertz CT molecular complexity index is 1030. The summed E-state index contributed by atoms with van der Waals surface area (Å²) in [5.41, 5.74) is 1.30. The molecule has 5 heterocycles. The molecule has 0 aliphatic carbocycles. The maximum Gasteiger partial charge on any atom is 0.147 e. The number of ether oxygens (including phenoxy) is 1. The van der Waals surface area contributed by atoms with Gasteiger partial charge in [0.25, 0.3) is 0 Å². The first-order valence-corrected chi connectivity index (χ1v) is 11.8. The summed E-state index contributed by atoms with van der Waals surface area (Å²) >= 11 is 0. The van der Waals surface area contributed by atoms with Crippen molar-refractivity contribution in [1.82, 2.24) is 24.6 Å². The molecule has 3 aliphatic heterocycles. The zero-order chi connectivity index (χ0) is 21.3. The number of hydrogen-bond donors (Lipinski definition) is 0. The Morgan fingerprint density at radius 3 is 2.50 bits per heavy atom. The standard InChI is InChI=1S/C25H30N6O/c1-2-6-19(7-3-1)15-31-24(17-30-16-22-14-21(30)18-32-22)27-28-25(31)20-9-12-29(13-10-20)23-8-4-5-11-26-23/h1-8,11,20-22H,9-10,12-18H2. The van der Waals surface area contributed by atoms with Crippen molar-refractivity contribution in [3.05, 3.63) is 71.9 Å². The van der Waals surface area contributed by atoms with Gasteiger partial charge in [-0.25, -0.2) is 4.98 Å². The molecule has 0 spiro atoms. The number of piperidine rings is 1. The lowest BCUT2D eigenvalue weighted by molar-refractivity contribution is 0.0259. The van der Waals surface area contributed by atoms with Crippen LogP contribution in [-0.4, -0.2) is 63.0 Å². The molecule has 2 unspecified atom stereocenters. The molecule has 6 rings (SSSR count). The van der Waals surface area contributed by atoms with Crippen molar-refractivity contribution in [3.63, 3.8) is 0 Å². The number of rotatable bonds is 6. The minimum atomic E-state index is 0.404. The number of likely N-dealkylation sites (tertiary alicyclic amines) is 1. The van der Waals surface area contributed by atoms with Crippen LogP contribution in [0.15, 0.2) is 54.7 Å². The predicted molar refractivity (Wildman–Crippen MR) is 123 cm³/mol. The van der Waals surface area contributed by atoms with Crippen molar-refractivity contribution in [2.24, 2.45) is 0 Å². The van der Waals surface area contributed by atoms with Crippen molar-refractivity contribution >= 4 is 5.82 Å². The fraction of sp³-hybridized carbons (Fsp3) is 0.480. The normalized spacial score (nSPS) is 23.8. The molecule has 7 heteroatoms. The number of pyridine rings is 1. The summed E-state index contributed by atoms with van der Waals surface area (Å²) in [5, 5.41) is 9.48. The molecule has 3 aromatic rings. The molecular weight excluding hydrogens is 400 g/mol. The first-order chi connectivity index (χ1) is 15.8. The van der Waals surface area contributed by atoms with E-state index in [4.69, 9.17) is 14.9 Å². The van der Waals surface area contributed by atoms with E-state index < -0.39 is 0 Å². The molecule has 0 N–H and O–H groups in total. The number of fused-ring (bicyclic) bond motifs is 2. The minimum Gasteiger partial charge on any atom is -0.375 e. The average Bonchev–Trinajstić information content (AvgIpc) is 3.58. The molecule has 0 saturated carbocycles. The van der Waals surface area contributed by atoms with E-state index in [1.165, 1.54) is 5.56 Å². The van der Waals surface area contributed by atoms with Gasteiger partial charge in [0.1, 0.15) is 17.5 Å². The van der Waals surface area contributed by atoms with Crippen LogP contribution in [0.2, 0.25) is 0 Å². The van der Waals surface area contributed by atoms with Gasteiger partial charge in [0.15, 0.2) is 0 Å². The van der Waals surface area contributed by atoms with Crippen molar-refractivity contribution in [2.75, 3.05) is 31.1 Å². The molecule has 166 valence electrons. The maximum absolute atomic E-state index is 5.80. The lowest BCUT2D eigenvalue weighted by Crippen LogP contribution is -2.37. The molecule has 2 aromatic heterocycles. The van der Waals surface area contributed by atoms with Gasteiger partial charge in [-0.3, -0.25) is 4.90 Å². The van der Waals surface area contributed by atoms with Crippen LogP contribution in [0.5, 0.6) is 0 Å².